The number of hydrogen-bond donors (Lipinski definition) is 0. The SMILES string of the molecule is c1ccc2c(c1)-c1cccc3c1C2(c1cncc(-c2cccc4c2oc2ccccc24)c1)c1c-3sc2ccccc12. The summed E-state index contributed by atoms with van der Waals surface area (Å²) in [4.78, 5) is 6.30. The minimum absolute atomic E-state index is 0.428. The Labute approximate surface area is 240 Å². The lowest BCUT2D eigenvalue weighted by atomic mass is 9.70. The molecule has 0 saturated heterocycles. The van der Waals surface area contributed by atoms with Gasteiger partial charge in [-0.05, 0) is 62.5 Å². The predicted molar refractivity (Wildman–Crippen MR) is 169 cm³/mol. The van der Waals surface area contributed by atoms with Gasteiger partial charge in [0.1, 0.15) is 11.2 Å². The van der Waals surface area contributed by atoms with Crippen LogP contribution in [-0.4, -0.2) is 4.98 Å². The van der Waals surface area contributed by atoms with Crippen LogP contribution in [0.3, 0.4) is 0 Å². The molecular weight excluding hydrogens is 518 g/mol. The normalized spacial score (nSPS) is 16.4. The first-order valence-electron chi connectivity index (χ1n) is 14.0. The zero-order valence-electron chi connectivity index (χ0n) is 21.9. The second-order valence-electron chi connectivity index (χ2n) is 11.1. The number of hydrogen-bond acceptors (Lipinski definition) is 3. The Balaban J connectivity index is 1.32. The monoisotopic (exact) mass is 539 g/mol. The number of pyridine rings is 1. The van der Waals surface area contributed by atoms with Gasteiger partial charge in [-0.15, -0.1) is 11.3 Å². The highest BCUT2D eigenvalue weighted by Gasteiger charge is 2.54. The number of para-hydroxylation sites is 2. The van der Waals surface area contributed by atoms with E-state index in [9.17, 15) is 0 Å². The van der Waals surface area contributed by atoms with E-state index >= 15 is 0 Å². The molecule has 0 spiro atoms. The van der Waals surface area contributed by atoms with Gasteiger partial charge < -0.3 is 4.42 Å². The third kappa shape index (κ3) is 2.56. The van der Waals surface area contributed by atoms with E-state index < -0.39 is 5.41 Å². The minimum Gasteiger partial charge on any atom is -0.455 e. The Morgan fingerprint density at radius 3 is 2.29 bits per heavy atom. The standard InChI is InChI=1S/C38H21NOS/c1-4-16-31-25(9-1)27-13-8-15-30-34(27)38(31,35-29-11-3-6-18-33(29)41-37(30)35)23-19-22(20-39-21-23)24-12-7-14-28-26-10-2-5-17-32(26)40-36(24)28/h1-21H. The maximum absolute atomic E-state index is 6.45. The Morgan fingerprint density at radius 2 is 1.32 bits per heavy atom. The smallest absolute Gasteiger partial charge is 0.143 e. The zero-order valence-corrected chi connectivity index (χ0v) is 22.7. The molecule has 0 radical (unpaired) electrons. The molecule has 2 nitrogen and oxygen atoms in total. The van der Waals surface area contributed by atoms with Crippen LogP contribution in [0.4, 0.5) is 0 Å². The van der Waals surface area contributed by atoms with Crippen molar-refractivity contribution >= 4 is 43.4 Å². The average Bonchev–Trinajstić information content (AvgIpc) is 3.76. The molecule has 1 unspecified atom stereocenters. The third-order valence-electron chi connectivity index (χ3n) is 9.16. The molecule has 0 aliphatic heterocycles. The maximum atomic E-state index is 6.45. The molecule has 0 bridgehead atoms. The zero-order chi connectivity index (χ0) is 26.7. The van der Waals surface area contributed by atoms with Crippen LogP contribution in [0.25, 0.3) is 64.7 Å². The van der Waals surface area contributed by atoms with Gasteiger partial charge in [-0.2, -0.15) is 0 Å². The summed E-state index contributed by atoms with van der Waals surface area (Å²) in [6.07, 6.45) is 4.07. The second-order valence-corrected chi connectivity index (χ2v) is 12.1. The Bertz CT molecular complexity index is 2390. The van der Waals surface area contributed by atoms with Gasteiger partial charge in [-0.3, -0.25) is 4.98 Å². The Hall–Kier alpha value is -4.99. The van der Waals surface area contributed by atoms with Gasteiger partial charge in [-0.1, -0.05) is 97.1 Å². The van der Waals surface area contributed by atoms with E-state index in [4.69, 9.17) is 9.40 Å². The largest absolute Gasteiger partial charge is 0.455 e. The summed E-state index contributed by atoms with van der Waals surface area (Å²) in [6.45, 7) is 0. The molecule has 0 fully saturated rings. The third-order valence-corrected chi connectivity index (χ3v) is 10.4. The molecule has 2 aliphatic carbocycles. The number of benzene rings is 5. The van der Waals surface area contributed by atoms with Gasteiger partial charge in [0.2, 0.25) is 0 Å². The summed E-state index contributed by atoms with van der Waals surface area (Å²) >= 11 is 1.91. The quantitative estimate of drug-likeness (QED) is 0.218. The van der Waals surface area contributed by atoms with Crippen LogP contribution in [0.2, 0.25) is 0 Å². The molecule has 190 valence electrons. The van der Waals surface area contributed by atoms with Crippen molar-refractivity contribution in [2.45, 2.75) is 5.41 Å². The molecule has 3 heterocycles. The minimum atomic E-state index is -0.428. The van der Waals surface area contributed by atoms with E-state index in [-0.39, 0.29) is 0 Å². The maximum Gasteiger partial charge on any atom is 0.143 e. The molecule has 41 heavy (non-hydrogen) atoms. The van der Waals surface area contributed by atoms with Gasteiger partial charge in [0.25, 0.3) is 0 Å². The second kappa shape index (κ2) is 7.60. The van der Waals surface area contributed by atoms with Crippen LogP contribution in [0.5, 0.6) is 0 Å². The summed E-state index contributed by atoms with van der Waals surface area (Å²) in [5.74, 6) is 0. The Kier molecular flexibility index (Phi) is 4.04. The molecule has 3 heteroatoms. The van der Waals surface area contributed by atoms with E-state index in [1.165, 1.54) is 53.9 Å². The van der Waals surface area contributed by atoms with Crippen LogP contribution >= 0.6 is 11.3 Å². The van der Waals surface area contributed by atoms with Crippen LogP contribution < -0.4 is 0 Å². The van der Waals surface area contributed by atoms with Gasteiger partial charge in [0.15, 0.2) is 0 Å². The van der Waals surface area contributed by atoms with Crippen molar-refractivity contribution < 1.29 is 4.42 Å². The number of rotatable bonds is 2. The van der Waals surface area contributed by atoms with Crippen LogP contribution in [0.15, 0.2) is 132 Å². The van der Waals surface area contributed by atoms with Crippen LogP contribution in [0, 0.1) is 0 Å². The first-order chi connectivity index (χ1) is 20.3. The molecule has 8 aromatic rings. The molecular formula is C38H21NOS. The predicted octanol–water partition coefficient (Wildman–Crippen LogP) is 10.2. The summed E-state index contributed by atoms with van der Waals surface area (Å²) in [5, 5.41) is 3.60. The highest BCUT2D eigenvalue weighted by Crippen LogP contribution is 2.67. The number of thiophene rings is 1. The van der Waals surface area contributed by atoms with Gasteiger partial charge in [0, 0.05) is 43.9 Å². The van der Waals surface area contributed by atoms with Crippen molar-refractivity contribution in [3.8, 4) is 32.7 Å². The topological polar surface area (TPSA) is 26.0 Å². The molecule has 0 amide bonds. The summed E-state index contributed by atoms with van der Waals surface area (Å²) < 4.78 is 7.78. The molecule has 2 aliphatic rings. The fourth-order valence-corrected chi connectivity index (χ4v) is 8.92. The van der Waals surface area contributed by atoms with Crippen molar-refractivity contribution in [1.82, 2.24) is 4.98 Å². The summed E-state index contributed by atoms with van der Waals surface area (Å²) in [5.41, 5.74) is 12.8. The highest BCUT2D eigenvalue weighted by atomic mass is 32.1. The molecule has 5 aromatic carbocycles. The van der Waals surface area contributed by atoms with E-state index in [2.05, 4.69) is 109 Å². The van der Waals surface area contributed by atoms with Gasteiger partial charge in [0.05, 0.1) is 5.41 Å². The summed E-state index contributed by atoms with van der Waals surface area (Å²) in [7, 11) is 0. The molecule has 0 N–H and O–H groups in total. The number of aromatic nitrogens is 1. The van der Waals surface area contributed by atoms with Crippen molar-refractivity contribution in [3.05, 3.63) is 150 Å². The lowest BCUT2D eigenvalue weighted by Crippen LogP contribution is -2.26. The molecule has 10 rings (SSSR count). The number of furan rings is 1. The van der Waals surface area contributed by atoms with Gasteiger partial charge >= 0.3 is 0 Å². The number of fused-ring (bicyclic) bond motifs is 11. The average molecular weight is 540 g/mol. The lowest BCUT2D eigenvalue weighted by molar-refractivity contribution is 0.670. The van der Waals surface area contributed by atoms with Crippen molar-refractivity contribution in [1.29, 1.82) is 0 Å². The Morgan fingerprint density at radius 1 is 0.585 bits per heavy atom. The van der Waals surface area contributed by atoms with E-state index in [0.29, 0.717) is 0 Å². The van der Waals surface area contributed by atoms with Gasteiger partial charge in [-0.25, -0.2) is 0 Å². The fraction of sp³-hybridized carbons (Fsp3) is 0.0263. The molecule has 3 aromatic heterocycles. The lowest BCUT2D eigenvalue weighted by Gasteiger charge is -2.30. The van der Waals surface area contributed by atoms with E-state index in [1.54, 1.807) is 0 Å². The van der Waals surface area contributed by atoms with Crippen LogP contribution in [-0.2, 0) is 5.41 Å². The van der Waals surface area contributed by atoms with Crippen molar-refractivity contribution in [2.24, 2.45) is 0 Å². The van der Waals surface area contributed by atoms with E-state index in [0.717, 1.165) is 33.1 Å². The molecule has 0 saturated carbocycles. The number of nitrogens with zero attached hydrogens (tertiary/aromatic N) is 1. The first kappa shape index (κ1) is 21.8. The van der Waals surface area contributed by atoms with Crippen molar-refractivity contribution in [2.75, 3.05) is 0 Å². The molecule has 1 atom stereocenters. The fourth-order valence-electron chi connectivity index (χ4n) is 7.63. The highest BCUT2D eigenvalue weighted by molar-refractivity contribution is 7.22. The van der Waals surface area contributed by atoms with Crippen molar-refractivity contribution in [3.63, 3.8) is 0 Å². The van der Waals surface area contributed by atoms with E-state index in [1.807, 2.05) is 29.7 Å². The van der Waals surface area contributed by atoms with Crippen LogP contribution in [0.1, 0.15) is 22.3 Å². The first-order valence-corrected chi connectivity index (χ1v) is 14.8. The summed E-state index contributed by atoms with van der Waals surface area (Å²) in [6, 6.07) is 41.7.